The highest BCUT2D eigenvalue weighted by Crippen LogP contribution is 2.23. The maximum absolute atomic E-state index is 11.6. The number of ether oxygens (including phenoxy) is 1. The Morgan fingerprint density at radius 3 is 2.70 bits per heavy atom. The zero-order chi connectivity index (χ0) is 15.1. The van der Waals surface area contributed by atoms with E-state index in [-0.39, 0.29) is 23.8 Å². The zero-order valence-corrected chi connectivity index (χ0v) is 13.1. The molecule has 20 heavy (non-hydrogen) atoms. The third-order valence-corrected chi connectivity index (χ3v) is 3.07. The lowest BCUT2D eigenvalue weighted by atomic mass is 10.1. The molecule has 110 valence electrons. The first kappa shape index (κ1) is 16.5. The first-order chi connectivity index (χ1) is 9.40. The van der Waals surface area contributed by atoms with Crippen LogP contribution in [0.4, 0.5) is 0 Å². The first-order valence-electron chi connectivity index (χ1n) is 6.32. The predicted octanol–water partition coefficient (Wildman–Crippen LogP) is 2.69. The third kappa shape index (κ3) is 5.61. The minimum atomic E-state index is -1.10. The number of hydrogen-bond donors (Lipinski definition) is 2. The summed E-state index contributed by atoms with van der Waals surface area (Å²) in [5, 5.41) is 11.8. The van der Waals surface area contributed by atoms with Gasteiger partial charge in [-0.2, -0.15) is 0 Å². The van der Waals surface area contributed by atoms with Crippen molar-refractivity contribution < 1.29 is 19.4 Å². The van der Waals surface area contributed by atoms with E-state index >= 15 is 0 Å². The zero-order valence-electron chi connectivity index (χ0n) is 11.5. The van der Waals surface area contributed by atoms with Gasteiger partial charge in [-0.1, -0.05) is 29.8 Å². The van der Waals surface area contributed by atoms with Crippen molar-refractivity contribution in [1.82, 2.24) is 5.32 Å². The van der Waals surface area contributed by atoms with Crippen LogP contribution in [0.15, 0.2) is 22.7 Å². The lowest BCUT2D eigenvalue weighted by Crippen LogP contribution is -2.30. The minimum absolute atomic E-state index is 0.0226. The van der Waals surface area contributed by atoms with Crippen LogP contribution in [-0.2, 0) is 4.79 Å². The van der Waals surface area contributed by atoms with Gasteiger partial charge in [0, 0.05) is 11.0 Å². The molecule has 0 aromatic heterocycles. The van der Waals surface area contributed by atoms with Gasteiger partial charge < -0.3 is 15.2 Å². The van der Waals surface area contributed by atoms with Crippen LogP contribution >= 0.6 is 15.9 Å². The minimum Gasteiger partial charge on any atom is -0.483 e. The van der Waals surface area contributed by atoms with E-state index in [0.717, 1.165) is 6.42 Å². The number of benzene rings is 1. The van der Waals surface area contributed by atoms with E-state index in [1.165, 1.54) is 12.1 Å². The van der Waals surface area contributed by atoms with E-state index in [4.69, 9.17) is 9.84 Å². The summed E-state index contributed by atoms with van der Waals surface area (Å²) < 4.78 is 5.90. The third-order valence-electron chi connectivity index (χ3n) is 2.57. The van der Waals surface area contributed by atoms with Crippen LogP contribution < -0.4 is 10.1 Å². The van der Waals surface area contributed by atoms with Crippen LogP contribution in [0.3, 0.4) is 0 Å². The molecule has 0 saturated heterocycles. The summed E-state index contributed by atoms with van der Waals surface area (Å²) in [6, 6.07) is 4.63. The van der Waals surface area contributed by atoms with Crippen LogP contribution in [0.2, 0.25) is 0 Å². The number of aromatic carboxylic acids is 1. The molecule has 6 heteroatoms. The fourth-order valence-corrected chi connectivity index (χ4v) is 1.85. The van der Waals surface area contributed by atoms with Crippen molar-refractivity contribution in [2.45, 2.75) is 20.3 Å². The number of rotatable bonds is 7. The summed E-state index contributed by atoms with van der Waals surface area (Å²) in [7, 11) is 0. The Balaban J connectivity index is 2.53. The summed E-state index contributed by atoms with van der Waals surface area (Å²) >= 11 is 3.19. The van der Waals surface area contributed by atoms with E-state index in [0.29, 0.717) is 16.9 Å². The van der Waals surface area contributed by atoms with Gasteiger partial charge in [0.2, 0.25) is 0 Å². The van der Waals surface area contributed by atoms with Crippen molar-refractivity contribution in [2.24, 2.45) is 5.92 Å². The Labute approximate surface area is 126 Å². The number of amides is 1. The smallest absolute Gasteiger partial charge is 0.339 e. The summed E-state index contributed by atoms with van der Waals surface area (Å²) in [6.45, 7) is 4.54. The molecule has 0 radical (unpaired) electrons. The van der Waals surface area contributed by atoms with Crippen molar-refractivity contribution in [3.05, 3.63) is 28.2 Å². The number of carboxylic acid groups (broad SMARTS) is 1. The maximum Gasteiger partial charge on any atom is 0.339 e. The second-order valence-corrected chi connectivity index (χ2v) is 5.68. The molecule has 1 amide bonds. The summed E-state index contributed by atoms with van der Waals surface area (Å²) in [6.07, 6.45) is 0.893. The van der Waals surface area contributed by atoms with Crippen LogP contribution in [0, 0.1) is 5.92 Å². The molecule has 0 aliphatic heterocycles. The van der Waals surface area contributed by atoms with Gasteiger partial charge in [-0.15, -0.1) is 0 Å². The molecule has 1 rings (SSSR count). The van der Waals surface area contributed by atoms with Gasteiger partial charge in [0.05, 0.1) is 0 Å². The molecule has 0 bridgehead atoms. The van der Waals surface area contributed by atoms with E-state index in [2.05, 4.69) is 35.1 Å². The Hall–Kier alpha value is -1.56. The van der Waals surface area contributed by atoms with Gasteiger partial charge in [-0.3, -0.25) is 4.79 Å². The second kappa shape index (κ2) is 7.89. The van der Waals surface area contributed by atoms with Crippen LogP contribution in [0.1, 0.15) is 30.6 Å². The molecule has 0 heterocycles. The fraction of sp³-hybridized carbons (Fsp3) is 0.429. The average Bonchev–Trinajstić information content (AvgIpc) is 2.36. The lowest BCUT2D eigenvalue weighted by Gasteiger charge is -2.10. The second-order valence-electron chi connectivity index (χ2n) is 4.77. The SMILES string of the molecule is CC(C)CCNC(=O)COc1ccc(Br)cc1C(=O)O. The molecule has 5 nitrogen and oxygen atoms in total. The van der Waals surface area contributed by atoms with Gasteiger partial charge in [0.25, 0.3) is 5.91 Å². The number of carbonyl (C=O) groups excluding carboxylic acids is 1. The number of hydrogen-bond acceptors (Lipinski definition) is 3. The molecular formula is C14H18BrNO4. The van der Waals surface area contributed by atoms with Gasteiger partial charge >= 0.3 is 5.97 Å². The van der Waals surface area contributed by atoms with E-state index in [1.54, 1.807) is 6.07 Å². The maximum atomic E-state index is 11.6. The number of carboxylic acids is 1. The molecule has 0 fully saturated rings. The Morgan fingerprint density at radius 1 is 1.40 bits per heavy atom. The van der Waals surface area contributed by atoms with E-state index < -0.39 is 5.97 Å². The summed E-state index contributed by atoms with van der Waals surface area (Å²) in [5.74, 6) is -0.660. The average molecular weight is 344 g/mol. The quantitative estimate of drug-likeness (QED) is 0.797. The van der Waals surface area contributed by atoms with Gasteiger partial charge in [0.1, 0.15) is 11.3 Å². The molecule has 0 aliphatic rings. The number of carbonyl (C=O) groups is 2. The molecule has 0 atom stereocenters. The molecule has 0 spiro atoms. The van der Waals surface area contributed by atoms with Crippen molar-refractivity contribution in [3.63, 3.8) is 0 Å². The van der Waals surface area contributed by atoms with Gasteiger partial charge in [-0.25, -0.2) is 4.79 Å². The number of nitrogens with one attached hydrogen (secondary N) is 1. The van der Waals surface area contributed by atoms with E-state index in [1.807, 2.05) is 0 Å². The highest BCUT2D eigenvalue weighted by atomic mass is 79.9. The van der Waals surface area contributed by atoms with Crippen molar-refractivity contribution >= 4 is 27.8 Å². The Bertz CT molecular complexity index is 488. The Kier molecular flexibility index (Phi) is 6.51. The lowest BCUT2D eigenvalue weighted by molar-refractivity contribution is -0.123. The van der Waals surface area contributed by atoms with Crippen molar-refractivity contribution in [1.29, 1.82) is 0 Å². The largest absolute Gasteiger partial charge is 0.483 e. The van der Waals surface area contributed by atoms with Crippen LogP contribution in [0.25, 0.3) is 0 Å². The monoisotopic (exact) mass is 343 g/mol. The summed E-state index contributed by atoms with van der Waals surface area (Å²) in [4.78, 5) is 22.6. The Morgan fingerprint density at radius 2 is 2.10 bits per heavy atom. The molecule has 0 unspecified atom stereocenters. The normalized spacial score (nSPS) is 10.4. The van der Waals surface area contributed by atoms with Crippen molar-refractivity contribution in [3.8, 4) is 5.75 Å². The van der Waals surface area contributed by atoms with Crippen LogP contribution in [-0.4, -0.2) is 30.1 Å². The highest BCUT2D eigenvalue weighted by Gasteiger charge is 2.13. The molecule has 0 aliphatic carbocycles. The standard InChI is InChI=1S/C14H18BrNO4/c1-9(2)5-6-16-13(17)8-20-12-4-3-10(15)7-11(12)14(18)19/h3-4,7,9H,5-6,8H2,1-2H3,(H,16,17)(H,18,19). The molecule has 2 N–H and O–H groups in total. The molecule has 1 aromatic carbocycles. The van der Waals surface area contributed by atoms with Crippen molar-refractivity contribution in [2.75, 3.05) is 13.2 Å². The molecule has 1 aromatic rings. The number of halogens is 1. The fourth-order valence-electron chi connectivity index (χ4n) is 1.49. The van der Waals surface area contributed by atoms with E-state index in [9.17, 15) is 9.59 Å². The van der Waals surface area contributed by atoms with Gasteiger partial charge in [-0.05, 0) is 30.5 Å². The first-order valence-corrected chi connectivity index (χ1v) is 7.11. The topological polar surface area (TPSA) is 75.6 Å². The highest BCUT2D eigenvalue weighted by molar-refractivity contribution is 9.10. The van der Waals surface area contributed by atoms with Gasteiger partial charge in [0.15, 0.2) is 6.61 Å². The molecule has 0 saturated carbocycles. The van der Waals surface area contributed by atoms with Crippen LogP contribution in [0.5, 0.6) is 5.75 Å². The summed E-state index contributed by atoms with van der Waals surface area (Å²) in [5.41, 5.74) is 0.0226. The molecular weight excluding hydrogens is 326 g/mol. The predicted molar refractivity (Wildman–Crippen MR) is 79.1 cm³/mol.